The van der Waals surface area contributed by atoms with E-state index in [1.165, 1.54) is 6.20 Å². The Morgan fingerprint density at radius 1 is 1.36 bits per heavy atom. The van der Waals surface area contributed by atoms with Crippen molar-refractivity contribution >= 4 is 12.2 Å². The van der Waals surface area contributed by atoms with Gasteiger partial charge >= 0.3 is 6.03 Å². The molecule has 131 valence electrons. The second-order valence-corrected chi connectivity index (χ2v) is 5.94. The van der Waals surface area contributed by atoms with E-state index in [9.17, 15) is 4.79 Å². The van der Waals surface area contributed by atoms with Gasteiger partial charge in [-0.3, -0.25) is 9.91 Å². The van der Waals surface area contributed by atoms with Crippen LogP contribution < -0.4 is 5.73 Å². The predicted octanol–water partition coefficient (Wildman–Crippen LogP) is -0.518. The van der Waals surface area contributed by atoms with Crippen molar-refractivity contribution in [2.45, 2.75) is 6.54 Å². The summed E-state index contributed by atoms with van der Waals surface area (Å²) in [5, 5.41) is 10.5. The number of carbonyl (C=O) groups excluding carboxylic acids is 1. The molecule has 4 heterocycles. The summed E-state index contributed by atoms with van der Waals surface area (Å²) in [5.41, 5.74) is 7.38. The topological polar surface area (TPSA) is 118 Å². The number of rotatable bonds is 4. The van der Waals surface area contributed by atoms with Crippen LogP contribution in [-0.2, 0) is 11.3 Å². The molecule has 3 N–H and O–H groups in total. The highest BCUT2D eigenvalue weighted by Crippen LogP contribution is 2.19. The minimum atomic E-state index is -0.658. The summed E-state index contributed by atoms with van der Waals surface area (Å²) >= 11 is 0. The molecule has 1 saturated heterocycles. The van der Waals surface area contributed by atoms with Gasteiger partial charge in [-0.1, -0.05) is 0 Å². The van der Waals surface area contributed by atoms with Crippen molar-refractivity contribution in [1.82, 2.24) is 29.7 Å². The number of imidazole rings is 1. The summed E-state index contributed by atoms with van der Waals surface area (Å²) in [6, 6.07) is 2.21. The molecule has 25 heavy (non-hydrogen) atoms. The van der Waals surface area contributed by atoms with Gasteiger partial charge < -0.3 is 15.5 Å². The van der Waals surface area contributed by atoms with Crippen molar-refractivity contribution < 1.29 is 9.53 Å². The van der Waals surface area contributed by atoms with Crippen LogP contribution in [0.25, 0.3) is 11.5 Å². The molecular weight excluding hydrogens is 324 g/mol. The first kappa shape index (κ1) is 15.8. The molecule has 0 aromatic carbocycles. The van der Waals surface area contributed by atoms with E-state index < -0.39 is 6.03 Å². The molecule has 0 saturated carbocycles. The summed E-state index contributed by atoms with van der Waals surface area (Å²) in [5.74, 6) is 0.548. The lowest BCUT2D eigenvalue weighted by Gasteiger charge is -2.29. The van der Waals surface area contributed by atoms with E-state index in [1.54, 1.807) is 6.21 Å². The van der Waals surface area contributed by atoms with Crippen LogP contribution in [0.5, 0.6) is 0 Å². The first-order valence-electron chi connectivity index (χ1n) is 8.14. The lowest BCUT2D eigenvalue weighted by Crippen LogP contribution is -2.40. The standard InChI is InChI=1S/C15H19N8O2/c16-15(24)23-2-1-11(20-23)14-18-12-9-17-22(10-13(12)19-14)4-3-21-5-7-25-8-6-21/h2,9H,3-8,10H2,(H2,16,24)(H,18,19). The number of aromatic amines is 1. The van der Waals surface area contributed by atoms with Crippen LogP contribution in [0, 0.1) is 6.07 Å². The monoisotopic (exact) mass is 343 g/mol. The number of hydrogen-bond donors (Lipinski definition) is 2. The molecule has 0 atom stereocenters. The Kier molecular flexibility index (Phi) is 4.20. The number of aromatic nitrogens is 4. The number of amides is 1. The SMILES string of the molecule is NC(=O)n1c[c]c(-c2nc3c([nH]2)C=NN(CCN2CCOCC2)C3)n1. The maximum absolute atomic E-state index is 11.1. The van der Waals surface area contributed by atoms with Crippen LogP contribution in [0.15, 0.2) is 11.3 Å². The molecule has 2 aliphatic rings. The Bertz CT molecular complexity index is 789. The van der Waals surface area contributed by atoms with Gasteiger partial charge in [0.2, 0.25) is 0 Å². The number of hydrazone groups is 1. The van der Waals surface area contributed by atoms with E-state index in [4.69, 9.17) is 10.5 Å². The average Bonchev–Trinajstić information content (AvgIpc) is 3.27. The molecule has 0 aliphatic carbocycles. The number of fused-ring (bicyclic) bond motifs is 1. The molecule has 0 spiro atoms. The predicted molar refractivity (Wildman–Crippen MR) is 88.9 cm³/mol. The number of hydrogen-bond acceptors (Lipinski definition) is 7. The lowest BCUT2D eigenvalue weighted by molar-refractivity contribution is 0.0329. The van der Waals surface area contributed by atoms with E-state index in [0.717, 1.165) is 55.5 Å². The van der Waals surface area contributed by atoms with Crippen molar-refractivity contribution in [3.63, 3.8) is 0 Å². The number of ether oxygens (including phenoxy) is 1. The minimum Gasteiger partial charge on any atom is -0.379 e. The molecule has 2 aromatic heterocycles. The number of nitrogens with two attached hydrogens (primary N) is 1. The highest BCUT2D eigenvalue weighted by molar-refractivity contribution is 5.80. The molecular formula is C15H19N8O2. The first-order chi connectivity index (χ1) is 12.2. The van der Waals surface area contributed by atoms with Crippen molar-refractivity contribution in [3.05, 3.63) is 23.7 Å². The third-order valence-electron chi connectivity index (χ3n) is 4.25. The van der Waals surface area contributed by atoms with E-state index >= 15 is 0 Å². The quantitative estimate of drug-likeness (QED) is 0.771. The van der Waals surface area contributed by atoms with Gasteiger partial charge in [0.05, 0.1) is 37.4 Å². The van der Waals surface area contributed by atoms with Crippen molar-refractivity contribution in [3.8, 4) is 11.5 Å². The van der Waals surface area contributed by atoms with Gasteiger partial charge in [-0.2, -0.15) is 14.9 Å². The molecule has 1 radical (unpaired) electrons. The molecule has 0 unspecified atom stereocenters. The molecule has 1 fully saturated rings. The normalized spacial score (nSPS) is 17.7. The van der Waals surface area contributed by atoms with E-state index in [2.05, 4.69) is 31.1 Å². The van der Waals surface area contributed by atoms with Crippen LogP contribution in [-0.4, -0.2) is 81.3 Å². The van der Waals surface area contributed by atoms with Crippen molar-refractivity contribution in [2.75, 3.05) is 39.4 Å². The largest absolute Gasteiger partial charge is 0.379 e. The van der Waals surface area contributed by atoms with Crippen LogP contribution >= 0.6 is 0 Å². The fourth-order valence-electron chi connectivity index (χ4n) is 2.85. The summed E-state index contributed by atoms with van der Waals surface area (Å²) in [7, 11) is 0. The Hall–Kier alpha value is -2.72. The molecule has 4 rings (SSSR count). The first-order valence-corrected chi connectivity index (χ1v) is 8.14. The zero-order valence-corrected chi connectivity index (χ0v) is 13.7. The smallest absolute Gasteiger partial charge is 0.339 e. The molecule has 2 aromatic rings. The number of carbonyl (C=O) groups is 1. The molecule has 0 bridgehead atoms. The summed E-state index contributed by atoms with van der Waals surface area (Å²) < 4.78 is 6.39. The van der Waals surface area contributed by atoms with E-state index in [0.29, 0.717) is 18.1 Å². The van der Waals surface area contributed by atoms with Crippen molar-refractivity contribution in [2.24, 2.45) is 10.8 Å². The zero-order chi connectivity index (χ0) is 17.2. The Morgan fingerprint density at radius 3 is 2.96 bits per heavy atom. The van der Waals surface area contributed by atoms with Crippen molar-refractivity contribution in [1.29, 1.82) is 0 Å². The maximum Gasteiger partial charge on any atom is 0.339 e. The van der Waals surface area contributed by atoms with E-state index in [1.807, 2.05) is 5.01 Å². The fraction of sp³-hybridized carbons (Fsp3) is 0.467. The number of nitrogens with zero attached hydrogens (tertiary/aromatic N) is 6. The van der Waals surface area contributed by atoms with Gasteiger partial charge in [0.25, 0.3) is 0 Å². The highest BCUT2D eigenvalue weighted by Gasteiger charge is 2.20. The van der Waals surface area contributed by atoms with Gasteiger partial charge in [-0.15, -0.1) is 0 Å². The second-order valence-electron chi connectivity index (χ2n) is 5.94. The third-order valence-corrected chi connectivity index (χ3v) is 4.25. The van der Waals surface area contributed by atoms with Crippen LogP contribution in [0.2, 0.25) is 0 Å². The number of primary amides is 1. The second kappa shape index (κ2) is 6.65. The van der Waals surface area contributed by atoms with Crippen LogP contribution in [0.1, 0.15) is 11.4 Å². The molecule has 10 heteroatoms. The molecule has 2 aliphatic heterocycles. The van der Waals surface area contributed by atoms with Gasteiger partial charge in [0.1, 0.15) is 5.69 Å². The van der Waals surface area contributed by atoms with Gasteiger partial charge in [0.15, 0.2) is 5.82 Å². The van der Waals surface area contributed by atoms with Gasteiger partial charge in [-0.25, -0.2) is 9.78 Å². The Morgan fingerprint density at radius 2 is 2.20 bits per heavy atom. The average molecular weight is 343 g/mol. The van der Waals surface area contributed by atoms with E-state index in [-0.39, 0.29) is 0 Å². The summed E-state index contributed by atoms with van der Waals surface area (Å²) in [6.07, 6.45) is 3.15. The van der Waals surface area contributed by atoms with Crippen LogP contribution in [0.3, 0.4) is 0 Å². The fourth-order valence-corrected chi connectivity index (χ4v) is 2.85. The maximum atomic E-state index is 11.1. The highest BCUT2D eigenvalue weighted by atomic mass is 16.5. The Balaban J connectivity index is 1.41. The van der Waals surface area contributed by atoms with Gasteiger partial charge in [0, 0.05) is 38.4 Å². The third kappa shape index (κ3) is 3.39. The number of nitrogens with one attached hydrogen (secondary N) is 1. The lowest BCUT2D eigenvalue weighted by atomic mass is 10.3. The number of morpholine rings is 1. The molecule has 1 amide bonds. The molecule has 10 nitrogen and oxygen atoms in total. The summed E-state index contributed by atoms with van der Waals surface area (Å²) in [6.45, 7) is 5.94. The Labute approximate surface area is 144 Å². The summed E-state index contributed by atoms with van der Waals surface area (Å²) in [4.78, 5) is 21.2. The van der Waals surface area contributed by atoms with Gasteiger partial charge in [-0.05, 0) is 0 Å². The number of H-pyrrole nitrogens is 1. The minimum absolute atomic E-state index is 0.446. The van der Waals surface area contributed by atoms with Crippen LogP contribution in [0.4, 0.5) is 4.79 Å². The zero-order valence-electron chi connectivity index (χ0n) is 13.7.